The third kappa shape index (κ3) is 13.5. The lowest BCUT2D eigenvalue weighted by Gasteiger charge is -2.24. The van der Waals surface area contributed by atoms with Crippen molar-refractivity contribution in [2.24, 2.45) is 23.7 Å². The molecule has 10 unspecified atom stereocenters. The molecule has 0 amide bonds. The van der Waals surface area contributed by atoms with E-state index in [9.17, 15) is 35.6 Å². The maximum absolute atomic E-state index is 12.2. The smallest absolute Gasteiger partial charge is 0.154 e. The summed E-state index contributed by atoms with van der Waals surface area (Å²) in [6.45, 7) is 2.09. The first kappa shape index (κ1) is 65.9. The Balaban J connectivity index is 0.000000119. The average Bonchev–Trinajstić information content (AvgIpc) is 1.66. The van der Waals surface area contributed by atoms with E-state index >= 15 is 0 Å². The van der Waals surface area contributed by atoms with Gasteiger partial charge in [-0.15, -0.1) is 0 Å². The standard InChI is InChI=1S/C17H19N7O.C17H17N7O.C17H19N7O.C17H20N6O/c2*18-5-3-14(10-1-2-11(25)7-10)24-8-13(16(19)23-24)15-12-4-6-20-17(12)22-9-21-15;18-6-4-13(10-2-1-3-14(10)25)24-8-12(16(19)23-24)15-11-5-7-20-17(11)22-9-21-15;1-2-13(10-4-3-5-14(10)24)23-8-12(16(18)22-23)15-11-6-7-19-17(11)21-9-20-15/h4,6,8-11,14,25H,1-3,7H2,(H2,19,23)(H,20,21,22);4,6,8-10,14H,1-3,7H2,(H2,19,23)(H,20,21,22);5,7-10,13-14,25H,1-4H2,(H2,19,23)(H,20,21,22);6-10,13H,2-5H2,1H3,(H2,18,22)(H,19,20,21). The van der Waals surface area contributed by atoms with E-state index in [-0.39, 0.29) is 66.1 Å². The molecule has 14 N–H and O–H groups in total. The molecule has 12 aromatic rings. The highest BCUT2D eigenvalue weighted by atomic mass is 16.3. The van der Waals surface area contributed by atoms with Crippen LogP contribution in [0.4, 0.5) is 23.3 Å². The zero-order chi connectivity index (χ0) is 68.8. The lowest BCUT2D eigenvalue weighted by molar-refractivity contribution is -0.122. The highest BCUT2D eigenvalue weighted by molar-refractivity contribution is 5.96. The number of nitrogen functional groups attached to an aromatic ring is 4. The first-order valence-corrected chi connectivity index (χ1v) is 33.3. The van der Waals surface area contributed by atoms with Crippen LogP contribution in [-0.4, -0.2) is 133 Å². The van der Waals surface area contributed by atoms with Crippen LogP contribution in [0.5, 0.6) is 0 Å². The summed E-state index contributed by atoms with van der Waals surface area (Å²) in [5.41, 5.74) is 33.4. The van der Waals surface area contributed by atoms with Crippen molar-refractivity contribution in [3.63, 3.8) is 0 Å². The largest absolute Gasteiger partial charge is 0.393 e. The zero-order valence-electron chi connectivity index (χ0n) is 54.3. The Bertz CT molecular complexity index is 4990. The molecule has 31 heteroatoms. The molecule has 31 nitrogen and oxygen atoms in total. The minimum absolute atomic E-state index is 0.0180. The van der Waals surface area contributed by atoms with Crippen LogP contribution in [0.15, 0.2) is 99.1 Å². The second-order valence-corrected chi connectivity index (χ2v) is 25.6. The summed E-state index contributed by atoms with van der Waals surface area (Å²) in [6, 6.07) is 13.9. The molecule has 0 aliphatic heterocycles. The number of H-pyrrole nitrogens is 4. The van der Waals surface area contributed by atoms with E-state index < -0.39 is 6.10 Å². The van der Waals surface area contributed by atoms with E-state index in [0.29, 0.717) is 90.1 Å². The van der Waals surface area contributed by atoms with Gasteiger partial charge in [-0.25, -0.2) is 39.9 Å². The number of carbonyl (C=O) groups is 2. The Morgan fingerprint density at radius 1 is 0.495 bits per heavy atom. The predicted octanol–water partition coefficient (Wildman–Crippen LogP) is 8.99. The van der Waals surface area contributed by atoms with E-state index in [2.05, 4.69) is 105 Å². The van der Waals surface area contributed by atoms with Gasteiger partial charge >= 0.3 is 0 Å². The molecule has 10 atom stereocenters. The number of hydrogen-bond donors (Lipinski definition) is 10. The number of ketones is 2. The summed E-state index contributed by atoms with van der Waals surface area (Å²) in [4.78, 5) is 70.3. The molecule has 99 heavy (non-hydrogen) atoms. The zero-order valence-corrected chi connectivity index (χ0v) is 54.3. The third-order valence-corrected chi connectivity index (χ3v) is 19.8. The van der Waals surface area contributed by atoms with Gasteiger partial charge in [0.25, 0.3) is 0 Å². The fraction of sp³-hybridized carbons (Fsp3) is 0.397. The first-order chi connectivity index (χ1) is 48.2. The van der Waals surface area contributed by atoms with E-state index in [4.69, 9.17) is 22.9 Å². The van der Waals surface area contributed by atoms with Crippen molar-refractivity contribution in [2.45, 2.75) is 146 Å². The van der Waals surface area contributed by atoms with Crippen LogP contribution in [0.2, 0.25) is 0 Å². The summed E-state index contributed by atoms with van der Waals surface area (Å²) in [5, 5.41) is 69.1. The second-order valence-electron chi connectivity index (χ2n) is 25.6. The molecular weight excluding hydrogens is 1260 g/mol. The second kappa shape index (κ2) is 28.9. The quantitative estimate of drug-likeness (QED) is 0.0431. The van der Waals surface area contributed by atoms with Crippen LogP contribution in [0.1, 0.15) is 134 Å². The number of fused-ring (bicyclic) bond motifs is 4. The number of aliphatic hydroxyl groups is 2. The molecule has 16 rings (SSSR count). The Morgan fingerprint density at radius 2 is 0.899 bits per heavy atom. The number of nitrogens with zero attached hydrogens (tertiary/aromatic N) is 19. The van der Waals surface area contributed by atoms with Crippen molar-refractivity contribution >= 4 is 79.0 Å². The number of hydrogen-bond acceptors (Lipinski definition) is 23. The summed E-state index contributed by atoms with van der Waals surface area (Å²) >= 11 is 0. The minimum atomic E-state index is -0.400. The lowest BCUT2D eigenvalue weighted by atomic mass is 9.94. The Hall–Kier alpha value is -11.8. The molecule has 12 heterocycles. The molecule has 0 spiro atoms. The Labute approximate surface area is 566 Å². The van der Waals surface area contributed by atoms with Crippen LogP contribution in [-0.2, 0) is 9.59 Å². The maximum atomic E-state index is 12.2. The van der Waals surface area contributed by atoms with Crippen molar-refractivity contribution in [3.8, 4) is 63.2 Å². The normalized spacial score (nSPS) is 20.2. The van der Waals surface area contributed by atoms with Crippen molar-refractivity contribution in [1.82, 2.24) is 98.9 Å². The van der Waals surface area contributed by atoms with E-state index in [1.54, 1.807) is 26.4 Å². The molecular formula is C68H75N27O4. The van der Waals surface area contributed by atoms with Crippen LogP contribution >= 0.6 is 0 Å². The SMILES string of the molecule is CCC(C1CCCC1=O)n1cc(-c2ncnc3[nH]ccc23)c(N)n1.N#CCC(C1CCC(=O)C1)n1cc(-c2ncnc3[nH]ccc23)c(N)n1.N#CCC(C1CCC(O)C1)n1cc(-c2ncnc3[nH]ccc23)c(N)n1.N#CCC(C1CCCC1O)n1cc(-c2ncnc3[nH]ccc23)c(N)n1. The van der Waals surface area contributed by atoms with Crippen molar-refractivity contribution in [3.05, 3.63) is 99.1 Å². The van der Waals surface area contributed by atoms with Gasteiger partial charge in [-0.2, -0.15) is 36.2 Å². The molecule has 12 aromatic heterocycles. The number of nitrogens with one attached hydrogen (secondary N) is 4. The number of aromatic amines is 4. The van der Waals surface area contributed by atoms with E-state index in [0.717, 1.165) is 124 Å². The fourth-order valence-corrected chi connectivity index (χ4v) is 14.9. The van der Waals surface area contributed by atoms with Crippen molar-refractivity contribution in [2.75, 3.05) is 22.9 Å². The molecule has 4 fully saturated rings. The number of carbonyl (C=O) groups excluding carboxylic acids is 2. The summed E-state index contributed by atoms with van der Waals surface area (Å²) < 4.78 is 7.10. The molecule has 4 aliphatic carbocycles. The summed E-state index contributed by atoms with van der Waals surface area (Å²) in [6.07, 6.45) is 31.1. The van der Waals surface area contributed by atoms with Crippen LogP contribution in [0.3, 0.4) is 0 Å². The Kier molecular flexibility index (Phi) is 19.2. The number of nitriles is 3. The topological polar surface area (TPSA) is 488 Å². The summed E-state index contributed by atoms with van der Waals surface area (Å²) in [5.74, 6) is 2.51. The molecule has 0 bridgehead atoms. The van der Waals surface area contributed by atoms with E-state index in [1.165, 1.54) is 25.3 Å². The van der Waals surface area contributed by atoms with Gasteiger partial charge in [0.1, 0.15) is 59.5 Å². The number of aromatic nitrogens is 20. The van der Waals surface area contributed by atoms with Gasteiger partial charge in [0.15, 0.2) is 23.3 Å². The van der Waals surface area contributed by atoms with Gasteiger partial charge in [-0.05, 0) is 93.9 Å². The fourth-order valence-electron chi connectivity index (χ4n) is 14.9. The van der Waals surface area contributed by atoms with Crippen LogP contribution in [0, 0.1) is 57.7 Å². The first-order valence-electron chi connectivity index (χ1n) is 33.3. The monoisotopic (exact) mass is 1330 g/mol. The molecule has 4 aliphatic rings. The Morgan fingerprint density at radius 3 is 1.24 bits per heavy atom. The van der Waals surface area contributed by atoms with Gasteiger partial charge in [0, 0.05) is 102 Å². The molecule has 506 valence electrons. The molecule has 0 aromatic carbocycles. The maximum Gasteiger partial charge on any atom is 0.154 e. The number of nitrogens with two attached hydrogens (primary N) is 4. The van der Waals surface area contributed by atoms with Gasteiger partial charge in [0.05, 0.1) is 119 Å². The minimum Gasteiger partial charge on any atom is -0.393 e. The van der Waals surface area contributed by atoms with Crippen LogP contribution < -0.4 is 22.9 Å². The highest BCUT2D eigenvalue weighted by Gasteiger charge is 2.37. The van der Waals surface area contributed by atoms with Crippen LogP contribution in [0.25, 0.3) is 89.2 Å². The number of anilines is 4. The van der Waals surface area contributed by atoms with Gasteiger partial charge < -0.3 is 53.1 Å². The molecule has 0 saturated heterocycles. The predicted molar refractivity (Wildman–Crippen MR) is 367 cm³/mol. The third-order valence-electron chi connectivity index (χ3n) is 19.8. The lowest BCUT2D eigenvalue weighted by Crippen LogP contribution is -2.26. The average molecular weight is 1330 g/mol. The molecule has 4 saturated carbocycles. The van der Waals surface area contributed by atoms with Gasteiger partial charge in [-0.3, -0.25) is 28.3 Å². The van der Waals surface area contributed by atoms with Crippen molar-refractivity contribution in [1.29, 1.82) is 15.8 Å². The van der Waals surface area contributed by atoms with Gasteiger partial charge in [-0.1, -0.05) is 13.3 Å². The number of rotatable bonds is 16. The molecule has 0 radical (unpaired) electrons. The van der Waals surface area contributed by atoms with E-state index in [1.807, 2.05) is 66.1 Å². The number of Topliss-reactive ketones (excluding diaryl/α,β-unsaturated/α-hetero) is 2. The summed E-state index contributed by atoms with van der Waals surface area (Å²) in [7, 11) is 0. The van der Waals surface area contributed by atoms with Gasteiger partial charge in [0.2, 0.25) is 0 Å². The highest BCUT2D eigenvalue weighted by Crippen LogP contribution is 2.43. The van der Waals surface area contributed by atoms with Crippen molar-refractivity contribution < 1.29 is 19.8 Å². The number of aliphatic hydroxyl groups excluding tert-OH is 2.